The van der Waals surface area contributed by atoms with Gasteiger partial charge in [0.05, 0.1) is 5.75 Å². The molecule has 0 bridgehead atoms. The topological polar surface area (TPSA) is 60.2 Å². The Balaban J connectivity index is 2.54. The Morgan fingerprint density at radius 2 is 2.06 bits per heavy atom. The Kier molecular flexibility index (Phi) is 5.11. The smallest absolute Gasteiger partial charge is 0.209 e. The zero-order chi connectivity index (χ0) is 12.2. The maximum atomic E-state index is 10.8. The molecule has 1 atom stereocenters. The Bertz CT molecular complexity index is 448. The van der Waals surface area contributed by atoms with Crippen LogP contribution >= 0.6 is 23.4 Å². The van der Waals surface area contributed by atoms with Crippen LogP contribution in [0.2, 0.25) is 5.02 Å². The predicted octanol–water partition coefficient (Wildman–Crippen LogP) is 2.42. The van der Waals surface area contributed by atoms with E-state index in [9.17, 15) is 8.42 Å². The number of hydrogen-bond acceptors (Lipinski definition) is 3. The number of sulfonamides is 1. The summed E-state index contributed by atoms with van der Waals surface area (Å²) in [6.45, 7) is 2.00. The van der Waals surface area contributed by atoms with Crippen LogP contribution in [0.5, 0.6) is 0 Å². The first-order valence-electron chi connectivity index (χ1n) is 4.76. The molecule has 0 aliphatic carbocycles. The maximum Gasteiger partial charge on any atom is 0.209 e. The van der Waals surface area contributed by atoms with Gasteiger partial charge in [0.2, 0.25) is 10.0 Å². The van der Waals surface area contributed by atoms with E-state index in [1.54, 1.807) is 0 Å². The first-order chi connectivity index (χ1) is 7.40. The zero-order valence-corrected chi connectivity index (χ0v) is 11.3. The molecule has 0 fully saturated rings. The van der Waals surface area contributed by atoms with E-state index in [1.165, 1.54) is 11.8 Å². The van der Waals surface area contributed by atoms with E-state index in [0.717, 1.165) is 5.56 Å². The molecule has 0 heterocycles. The van der Waals surface area contributed by atoms with Crippen LogP contribution in [-0.4, -0.2) is 19.9 Å². The quantitative estimate of drug-likeness (QED) is 0.900. The highest BCUT2D eigenvalue weighted by atomic mass is 35.5. The van der Waals surface area contributed by atoms with E-state index in [1.807, 2.05) is 31.2 Å². The molecule has 2 N–H and O–H groups in total. The van der Waals surface area contributed by atoms with E-state index in [0.29, 0.717) is 10.8 Å². The van der Waals surface area contributed by atoms with Crippen LogP contribution in [-0.2, 0) is 10.0 Å². The van der Waals surface area contributed by atoms with Crippen LogP contribution < -0.4 is 5.14 Å². The molecule has 0 saturated heterocycles. The second-order valence-corrected chi connectivity index (χ2v) is 6.99. The monoisotopic (exact) mass is 279 g/mol. The normalized spacial score (nSPS) is 13.7. The SMILES string of the molecule is CC(SCCS(N)(=O)=O)c1ccccc1Cl. The molecule has 1 aromatic rings. The van der Waals surface area contributed by atoms with Crippen molar-refractivity contribution in [1.29, 1.82) is 0 Å². The minimum absolute atomic E-state index is 0.00748. The van der Waals surface area contributed by atoms with Crippen LogP contribution in [0.25, 0.3) is 0 Å². The summed E-state index contributed by atoms with van der Waals surface area (Å²) in [6.07, 6.45) is 0. The largest absolute Gasteiger partial charge is 0.229 e. The highest BCUT2D eigenvalue weighted by Crippen LogP contribution is 2.32. The van der Waals surface area contributed by atoms with Gasteiger partial charge in [0.1, 0.15) is 0 Å². The van der Waals surface area contributed by atoms with Gasteiger partial charge in [-0.05, 0) is 18.6 Å². The number of hydrogen-bond donors (Lipinski definition) is 1. The van der Waals surface area contributed by atoms with Crippen LogP contribution in [0.3, 0.4) is 0 Å². The molecule has 6 heteroatoms. The number of nitrogens with two attached hydrogens (primary N) is 1. The van der Waals surface area contributed by atoms with Gasteiger partial charge in [0.15, 0.2) is 0 Å². The lowest BCUT2D eigenvalue weighted by molar-refractivity contribution is 0.599. The molecular weight excluding hydrogens is 266 g/mol. The molecule has 0 radical (unpaired) electrons. The van der Waals surface area contributed by atoms with Gasteiger partial charge >= 0.3 is 0 Å². The highest BCUT2D eigenvalue weighted by Gasteiger charge is 2.11. The first kappa shape index (κ1) is 13.8. The molecule has 90 valence electrons. The van der Waals surface area contributed by atoms with E-state index in [4.69, 9.17) is 16.7 Å². The van der Waals surface area contributed by atoms with Gasteiger partial charge in [0, 0.05) is 16.0 Å². The van der Waals surface area contributed by atoms with Crippen LogP contribution in [0, 0.1) is 0 Å². The van der Waals surface area contributed by atoms with Crippen LogP contribution in [0.1, 0.15) is 17.7 Å². The van der Waals surface area contributed by atoms with Gasteiger partial charge in [-0.1, -0.05) is 29.8 Å². The minimum atomic E-state index is -3.37. The first-order valence-corrected chi connectivity index (χ1v) is 7.91. The summed E-state index contributed by atoms with van der Waals surface area (Å²) >= 11 is 7.56. The zero-order valence-electron chi connectivity index (χ0n) is 8.89. The molecule has 1 rings (SSSR count). The van der Waals surface area contributed by atoms with Crippen molar-refractivity contribution in [1.82, 2.24) is 0 Å². The Morgan fingerprint density at radius 1 is 1.44 bits per heavy atom. The van der Waals surface area contributed by atoms with Crippen LogP contribution in [0.4, 0.5) is 0 Å². The third-order valence-electron chi connectivity index (χ3n) is 2.08. The molecule has 16 heavy (non-hydrogen) atoms. The fourth-order valence-electron chi connectivity index (χ4n) is 1.24. The molecule has 0 aromatic heterocycles. The van der Waals surface area contributed by atoms with Gasteiger partial charge in [-0.2, -0.15) is 11.8 Å². The lowest BCUT2D eigenvalue weighted by Crippen LogP contribution is -2.18. The Labute approximate surface area is 105 Å². The number of rotatable bonds is 5. The number of benzene rings is 1. The van der Waals surface area contributed by atoms with Crippen molar-refractivity contribution in [2.24, 2.45) is 5.14 Å². The molecule has 0 aliphatic heterocycles. The molecule has 1 unspecified atom stereocenters. The second kappa shape index (κ2) is 5.91. The third-order valence-corrected chi connectivity index (χ3v) is 4.65. The summed E-state index contributed by atoms with van der Waals surface area (Å²) in [4.78, 5) is 0. The molecule has 0 amide bonds. The number of halogens is 1. The molecule has 0 aliphatic rings. The number of primary sulfonamides is 1. The van der Waals surface area contributed by atoms with E-state index in [2.05, 4.69) is 0 Å². The Hall–Kier alpha value is -0.230. The van der Waals surface area contributed by atoms with Crippen LogP contribution in [0.15, 0.2) is 24.3 Å². The van der Waals surface area contributed by atoms with Gasteiger partial charge in [-0.3, -0.25) is 0 Å². The lowest BCUT2D eigenvalue weighted by atomic mass is 10.2. The number of thioether (sulfide) groups is 1. The third kappa shape index (κ3) is 4.74. The average Bonchev–Trinajstić information content (AvgIpc) is 2.16. The van der Waals surface area contributed by atoms with Crippen molar-refractivity contribution >= 4 is 33.4 Å². The van der Waals surface area contributed by atoms with Gasteiger partial charge in [-0.15, -0.1) is 0 Å². The average molecular weight is 280 g/mol. The van der Waals surface area contributed by atoms with Crippen molar-refractivity contribution in [2.75, 3.05) is 11.5 Å². The summed E-state index contributed by atoms with van der Waals surface area (Å²) in [5.74, 6) is 0.470. The van der Waals surface area contributed by atoms with E-state index < -0.39 is 10.0 Å². The van der Waals surface area contributed by atoms with Crippen molar-refractivity contribution < 1.29 is 8.42 Å². The van der Waals surface area contributed by atoms with E-state index in [-0.39, 0.29) is 11.0 Å². The van der Waals surface area contributed by atoms with Crippen molar-refractivity contribution in [3.05, 3.63) is 34.9 Å². The lowest BCUT2D eigenvalue weighted by Gasteiger charge is -2.12. The standard InChI is InChI=1S/C10H14ClNO2S2/c1-8(15-6-7-16(12,13)14)9-4-2-3-5-10(9)11/h2-5,8H,6-7H2,1H3,(H2,12,13,14). The Morgan fingerprint density at radius 3 is 2.62 bits per heavy atom. The summed E-state index contributed by atoms with van der Waals surface area (Å²) in [7, 11) is -3.37. The van der Waals surface area contributed by atoms with Gasteiger partial charge in [-0.25, -0.2) is 13.6 Å². The molecule has 3 nitrogen and oxygen atoms in total. The minimum Gasteiger partial charge on any atom is -0.229 e. The van der Waals surface area contributed by atoms with Crippen molar-refractivity contribution in [3.63, 3.8) is 0 Å². The summed E-state index contributed by atoms with van der Waals surface area (Å²) < 4.78 is 21.5. The molecule has 0 saturated carbocycles. The highest BCUT2D eigenvalue weighted by molar-refractivity contribution is 8.00. The molecular formula is C10H14ClNO2S2. The summed E-state index contributed by atoms with van der Waals surface area (Å²) in [6, 6.07) is 7.55. The molecule has 1 aromatic carbocycles. The summed E-state index contributed by atoms with van der Waals surface area (Å²) in [5, 5.41) is 5.79. The fraction of sp³-hybridized carbons (Fsp3) is 0.400. The predicted molar refractivity (Wildman–Crippen MR) is 70.3 cm³/mol. The fourth-order valence-corrected chi connectivity index (χ4v) is 3.65. The van der Waals surface area contributed by atoms with Gasteiger partial charge < -0.3 is 0 Å². The summed E-state index contributed by atoms with van der Waals surface area (Å²) in [5.41, 5.74) is 1.02. The maximum absolute atomic E-state index is 10.8. The van der Waals surface area contributed by atoms with Gasteiger partial charge in [0.25, 0.3) is 0 Å². The van der Waals surface area contributed by atoms with E-state index >= 15 is 0 Å². The molecule has 0 spiro atoms. The van der Waals surface area contributed by atoms with Crippen molar-refractivity contribution in [2.45, 2.75) is 12.2 Å². The second-order valence-electron chi connectivity index (χ2n) is 3.40. The van der Waals surface area contributed by atoms with Crippen molar-refractivity contribution in [3.8, 4) is 0 Å².